The third-order valence-corrected chi connectivity index (χ3v) is 3.82. The molecular weight excluding hydrogens is 274 g/mol. The van der Waals surface area contributed by atoms with Crippen molar-refractivity contribution in [3.63, 3.8) is 0 Å². The smallest absolute Gasteiger partial charge is 0.230 e. The minimum absolute atomic E-state index is 0.0304. The van der Waals surface area contributed by atoms with Crippen LogP contribution in [0.1, 0.15) is 6.92 Å². The van der Waals surface area contributed by atoms with Crippen LogP contribution in [-0.2, 0) is 16.1 Å². The summed E-state index contributed by atoms with van der Waals surface area (Å²) in [5.41, 5.74) is 2.02. The second kappa shape index (κ2) is 7.31. The highest BCUT2D eigenvalue weighted by atomic mass is 32.2. The monoisotopic (exact) mass is 293 g/mol. The number of hydrogen-bond acceptors (Lipinski definition) is 4. The lowest BCUT2D eigenvalue weighted by Gasteiger charge is -2.08. The summed E-state index contributed by atoms with van der Waals surface area (Å²) in [7, 11) is 1.68. The number of nitrogens with zero attached hydrogens (tertiary/aromatic N) is 2. The maximum absolute atomic E-state index is 11.6. The predicted molar refractivity (Wildman–Crippen MR) is 81.0 cm³/mol. The van der Waals surface area contributed by atoms with Crippen LogP contribution in [0.2, 0.25) is 0 Å². The summed E-state index contributed by atoms with van der Waals surface area (Å²) in [5.74, 6) is 0.410. The first kappa shape index (κ1) is 14.9. The Morgan fingerprint density at radius 1 is 1.45 bits per heavy atom. The molecule has 0 saturated heterocycles. The number of carbonyl (C=O) groups is 1. The molecule has 0 aliphatic rings. The molecule has 2 aromatic rings. The summed E-state index contributed by atoms with van der Waals surface area (Å²) in [6.07, 6.45) is 0. The Bertz CT molecular complexity index is 583. The third kappa shape index (κ3) is 3.52. The van der Waals surface area contributed by atoms with Crippen LogP contribution in [0.5, 0.6) is 0 Å². The average molecular weight is 293 g/mol. The van der Waals surface area contributed by atoms with Gasteiger partial charge in [0.2, 0.25) is 5.91 Å². The van der Waals surface area contributed by atoms with Crippen LogP contribution in [0.25, 0.3) is 11.0 Å². The molecule has 0 radical (unpaired) electrons. The van der Waals surface area contributed by atoms with E-state index >= 15 is 0 Å². The van der Waals surface area contributed by atoms with E-state index in [-0.39, 0.29) is 5.91 Å². The molecule has 0 atom stereocenters. The highest BCUT2D eigenvalue weighted by Crippen LogP contribution is 2.23. The zero-order valence-corrected chi connectivity index (χ0v) is 12.6. The maximum Gasteiger partial charge on any atom is 0.230 e. The van der Waals surface area contributed by atoms with Crippen molar-refractivity contribution >= 4 is 28.7 Å². The molecular formula is C14H19N3O2S. The maximum atomic E-state index is 11.6. The fourth-order valence-electron chi connectivity index (χ4n) is 1.94. The van der Waals surface area contributed by atoms with Gasteiger partial charge in [-0.05, 0) is 19.1 Å². The van der Waals surface area contributed by atoms with Gasteiger partial charge in [-0.2, -0.15) is 0 Å². The topological polar surface area (TPSA) is 56.2 Å². The van der Waals surface area contributed by atoms with E-state index in [9.17, 15) is 4.79 Å². The Kier molecular flexibility index (Phi) is 5.43. The molecule has 0 aliphatic carbocycles. The Hall–Kier alpha value is -1.53. The molecule has 2 rings (SSSR count). The molecule has 20 heavy (non-hydrogen) atoms. The molecule has 0 unspecified atom stereocenters. The third-order valence-electron chi connectivity index (χ3n) is 2.84. The number of methoxy groups -OCH3 is 1. The molecule has 1 heterocycles. The van der Waals surface area contributed by atoms with Crippen molar-refractivity contribution in [2.75, 3.05) is 26.0 Å². The second-order valence-electron chi connectivity index (χ2n) is 4.27. The van der Waals surface area contributed by atoms with Gasteiger partial charge < -0.3 is 14.6 Å². The van der Waals surface area contributed by atoms with Crippen molar-refractivity contribution in [2.45, 2.75) is 18.6 Å². The number of fused-ring (bicyclic) bond motifs is 1. The molecule has 0 saturated carbocycles. The number of para-hydroxylation sites is 2. The van der Waals surface area contributed by atoms with E-state index in [1.54, 1.807) is 7.11 Å². The molecule has 0 aliphatic heterocycles. The van der Waals surface area contributed by atoms with Crippen LogP contribution in [-0.4, -0.2) is 41.5 Å². The summed E-state index contributed by atoms with van der Waals surface area (Å²) >= 11 is 1.46. The first-order chi connectivity index (χ1) is 9.76. The van der Waals surface area contributed by atoms with Gasteiger partial charge in [-0.1, -0.05) is 23.9 Å². The second-order valence-corrected chi connectivity index (χ2v) is 5.21. The minimum Gasteiger partial charge on any atom is -0.383 e. The Labute approximate surface area is 122 Å². The summed E-state index contributed by atoms with van der Waals surface area (Å²) in [5, 5.41) is 3.65. The van der Waals surface area contributed by atoms with Gasteiger partial charge in [0, 0.05) is 20.2 Å². The van der Waals surface area contributed by atoms with Crippen LogP contribution in [0.4, 0.5) is 0 Å². The van der Waals surface area contributed by atoms with E-state index in [4.69, 9.17) is 4.74 Å². The number of amides is 1. The molecule has 1 aromatic carbocycles. The summed E-state index contributed by atoms with van der Waals surface area (Å²) in [4.78, 5) is 16.2. The normalized spacial score (nSPS) is 10.9. The van der Waals surface area contributed by atoms with Crippen LogP contribution in [0.15, 0.2) is 29.4 Å². The van der Waals surface area contributed by atoms with E-state index in [1.807, 2.05) is 31.2 Å². The van der Waals surface area contributed by atoms with Crippen molar-refractivity contribution in [1.82, 2.24) is 14.9 Å². The summed E-state index contributed by atoms with van der Waals surface area (Å²) in [6.45, 7) is 3.92. The molecule has 1 N–H and O–H groups in total. The lowest BCUT2D eigenvalue weighted by molar-refractivity contribution is -0.118. The number of rotatable bonds is 7. The quantitative estimate of drug-likeness (QED) is 0.792. The molecule has 6 heteroatoms. The first-order valence-corrected chi connectivity index (χ1v) is 7.58. The molecule has 0 fully saturated rings. The van der Waals surface area contributed by atoms with Gasteiger partial charge in [0.05, 0.1) is 23.4 Å². The van der Waals surface area contributed by atoms with E-state index in [2.05, 4.69) is 14.9 Å². The number of carbonyl (C=O) groups excluding carboxylic acids is 1. The molecule has 1 amide bonds. The van der Waals surface area contributed by atoms with Crippen molar-refractivity contribution in [3.05, 3.63) is 24.3 Å². The zero-order valence-electron chi connectivity index (χ0n) is 11.8. The van der Waals surface area contributed by atoms with Gasteiger partial charge in [0.1, 0.15) is 0 Å². The van der Waals surface area contributed by atoms with Gasteiger partial charge in [-0.3, -0.25) is 4.79 Å². The number of thioether (sulfide) groups is 1. The fraction of sp³-hybridized carbons (Fsp3) is 0.429. The number of imidazole rings is 1. The number of nitrogens with one attached hydrogen (secondary N) is 1. The molecule has 1 aromatic heterocycles. The number of benzene rings is 1. The van der Waals surface area contributed by atoms with Gasteiger partial charge >= 0.3 is 0 Å². The fourth-order valence-corrected chi connectivity index (χ4v) is 2.81. The zero-order chi connectivity index (χ0) is 14.4. The largest absolute Gasteiger partial charge is 0.383 e. The summed E-state index contributed by atoms with van der Waals surface area (Å²) in [6, 6.07) is 7.97. The van der Waals surface area contributed by atoms with Crippen LogP contribution >= 0.6 is 11.8 Å². The van der Waals surface area contributed by atoms with Crippen molar-refractivity contribution in [3.8, 4) is 0 Å². The Morgan fingerprint density at radius 3 is 3.00 bits per heavy atom. The van der Waals surface area contributed by atoms with Crippen LogP contribution in [0.3, 0.4) is 0 Å². The van der Waals surface area contributed by atoms with Crippen molar-refractivity contribution < 1.29 is 9.53 Å². The minimum atomic E-state index is 0.0304. The highest BCUT2D eigenvalue weighted by Gasteiger charge is 2.12. The van der Waals surface area contributed by atoms with E-state index < -0.39 is 0 Å². The molecule has 0 bridgehead atoms. The van der Waals surface area contributed by atoms with Crippen LogP contribution in [0, 0.1) is 0 Å². The van der Waals surface area contributed by atoms with Gasteiger partial charge in [0.15, 0.2) is 5.16 Å². The predicted octanol–water partition coefficient (Wildman–Crippen LogP) is 1.91. The van der Waals surface area contributed by atoms with Gasteiger partial charge in [-0.15, -0.1) is 0 Å². The molecule has 5 nitrogen and oxygen atoms in total. The van der Waals surface area contributed by atoms with Gasteiger partial charge in [0.25, 0.3) is 0 Å². The first-order valence-electron chi connectivity index (χ1n) is 6.60. The average Bonchev–Trinajstić information content (AvgIpc) is 2.81. The van der Waals surface area contributed by atoms with Crippen molar-refractivity contribution in [1.29, 1.82) is 0 Å². The highest BCUT2D eigenvalue weighted by molar-refractivity contribution is 7.99. The number of aromatic nitrogens is 2. The summed E-state index contributed by atoms with van der Waals surface area (Å²) < 4.78 is 7.25. The van der Waals surface area contributed by atoms with Gasteiger partial charge in [-0.25, -0.2) is 4.98 Å². The standard InChI is InChI=1S/C14H19N3O2S/c1-3-15-13(18)10-20-14-16-11-6-4-5-7-12(11)17(14)8-9-19-2/h4-7H,3,8-10H2,1-2H3,(H,15,18). The lowest BCUT2D eigenvalue weighted by atomic mass is 10.3. The number of ether oxygens (including phenoxy) is 1. The molecule has 0 spiro atoms. The lowest BCUT2D eigenvalue weighted by Crippen LogP contribution is -2.24. The van der Waals surface area contributed by atoms with E-state index in [1.165, 1.54) is 11.8 Å². The Morgan fingerprint density at radius 2 is 2.25 bits per heavy atom. The molecule has 108 valence electrons. The van der Waals surface area contributed by atoms with E-state index in [0.717, 1.165) is 22.7 Å². The SMILES string of the molecule is CCNC(=O)CSc1nc2ccccc2n1CCOC. The van der Waals surface area contributed by atoms with Crippen molar-refractivity contribution in [2.24, 2.45) is 0 Å². The number of hydrogen-bond donors (Lipinski definition) is 1. The van der Waals surface area contributed by atoms with E-state index in [0.29, 0.717) is 18.9 Å². The van der Waals surface area contributed by atoms with Crippen LogP contribution < -0.4 is 5.32 Å². The Balaban J connectivity index is 2.19.